The third-order valence-electron chi connectivity index (χ3n) is 7.53. The van der Waals surface area contributed by atoms with Crippen LogP contribution in [0, 0.1) is 5.92 Å². The third-order valence-corrected chi connectivity index (χ3v) is 7.89. The molecule has 200 valence electrons. The molecule has 12 heteroatoms. The lowest BCUT2D eigenvalue weighted by Gasteiger charge is -2.41. The maximum Gasteiger partial charge on any atom is 0.337 e. The van der Waals surface area contributed by atoms with E-state index in [-0.39, 0.29) is 27.8 Å². The number of rotatable bonds is 4. The number of ketones is 2. The van der Waals surface area contributed by atoms with Crippen molar-refractivity contribution in [2.45, 2.75) is 25.0 Å². The molecule has 11 nitrogen and oxygen atoms in total. The van der Waals surface area contributed by atoms with E-state index >= 15 is 0 Å². The fourth-order valence-electron chi connectivity index (χ4n) is 5.62. The minimum Gasteiger partial charge on any atom is -0.496 e. The Hall–Kier alpha value is -4.38. The Morgan fingerprint density at radius 3 is 2.51 bits per heavy atom. The number of halogens is 1. The Morgan fingerprint density at radius 2 is 1.85 bits per heavy atom. The first kappa shape index (κ1) is 24.9. The molecular weight excluding hydrogens is 528 g/mol. The van der Waals surface area contributed by atoms with E-state index in [0.29, 0.717) is 34.8 Å². The highest BCUT2D eigenvalue weighted by Gasteiger charge is 2.63. The van der Waals surface area contributed by atoms with Crippen molar-refractivity contribution in [1.29, 1.82) is 0 Å². The van der Waals surface area contributed by atoms with Crippen LogP contribution in [0.1, 0.15) is 45.7 Å². The molecule has 2 aromatic carbocycles. The quantitative estimate of drug-likeness (QED) is 0.379. The molecule has 0 saturated heterocycles. The summed E-state index contributed by atoms with van der Waals surface area (Å²) >= 11 is 6.56. The van der Waals surface area contributed by atoms with Crippen LogP contribution in [-0.4, -0.2) is 59.2 Å². The summed E-state index contributed by atoms with van der Waals surface area (Å²) in [5.74, 6) is -1.17. The van der Waals surface area contributed by atoms with Crippen molar-refractivity contribution in [3.05, 3.63) is 69.6 Å². The second kappa shape index (κ2) is 8.84. The van der Waals surface area contributed by atoms with Gasteiger partial charge < -0.3 is 24.3 Å². The van der Waals surface area contributed by atoms with Gasteiger partial charge in [0.05, 0.1) is 26.9 Å². The van der Waals surface area contributed by atoms with Gasteiger partial charge in [-0.15, -0.1) is 0 Å². The van der Waals surface area contributed by atoms with Crippen LogP contribution in [0.3, 0.4) is 0 Å². The largest absolute Gasteiger partial charge is 0.496 e. The molecule has 3 atom stereocenters. The number of hydrogen-bond donors (Lipinski definition) is 1. The molecule has 0 amide bonds. The van der Waals surface area contributed by atoms with Crippen molar-refractivity contribution in [3.8, 4) is 17.2 Å². The lowest BCUT2D eigenvalue weighted by Crippen LogP contribution is -2.58. The number of carbonyl (C=O) groups is 3. The zero-order valence-corrected chi connectivity index (χ0v) is 22.2. The standard InChI is InChI=1S/C27H23ClN4O7/c1-12-9-15-18(21(32-26(31-15)29-11-30-32)13-5-7-14(8-6-13)25(35)38-4)23(33)27(12)24(34)19-16(36-2)10-17(37-3)20(28)22(19)39-27/h5-8,10-12,21H,9H2,1-4H3,(H,29,30,31)/t12-,21-,27+/m1/s1. The second-order valence-electron chi connectivity index (χ2n) is 9.46. The molecule has 3 heterocycles. The van der Waals surface area contributed by atoms with Crippen LogP contribution in [0.5, 0.6) is 17.2 Å². The molecule has 0 saturated carbocycles. The van der Waals surface area contributed by atoms with Gasteiger partial charge in [-0.05, 0) is 24.1 Å². The number of aromatic nitrogens is 3. The first-order valence-electron chi connectivity index (χ1n) is 12.1. The Kier molecular flexibility index (Phi) is 5.65. The van der Waals surface area contributed by atoms with Gasteiger partial charge in [-0.3, -0.25) is 9.59 Å². The van der Waals surface area contributed by atoms with E-state index < -0.39 is 35.1 Å². The minimum absolute atomic E-state index is 0.0475. The molecule has 2 aliphatic heterocycles. The van der Waals surface area contributed by atoms with Crippen LogP contribution in [0.15, 0.2) is 47.9 Å². The normalized spacial score (nSPS) is 23.0. The Bertz CT molecular complexity index is 1600. The predicted molar refractivity (Wildman–Crippen MR) is 138 cm³/mol. The van der Waals surface area contributed by atoms with Crippen molar-refractivity contribution >= 4 is 35.1 Å². The number of nitrogens with zero attached hydrogens (tertiary/aromatic N) is 3. The smallest absolute Gasteiger partial charge is 0.337 e. The Balaban J connectivity index is 1.50. The topological polar surface area (TPSA) is 131 Å². The summed E-state index contributed by atoms with van der Waals surface area (Å²) < 4.78 is 23.5. The van der Waals surface area contributed by atoms with Crippen molar-refractivity contribution in [3.63, 3.8) is 0 Å². The van der Waals surface area contributed by atoms with Crippen LogP contribution < -0.4 is 19.5 Å². The van der Waals surface area contributed by atoms with Crippen LogP contribution in [0.4, 0.5) is 5.95 Å². The van der Waals surface area contributed by atoms with E-state index in [4.69, 9.17) is 30.5 Å². The molecule has 1 N–H and O–H groups in total. The fourth-order valence-corrected chi connectivity index (χ4v) is 5.88. The molecule has 1 aromatic heterocycles. The van der Waals surface area contributed by atoms with Gasteiger partial charge in [0.1, 0.15) is 34.5 Å². The van der Waals surface area contributed by atoms with Crippen molar-refractivity contribution in [2.75, 3.05) is 26.6 Å². The van der Waals surface area contributed by atoms with E-state index in [1.165, 1.54) is 33.7 Å². The molecule has 0 fully saturated rings. The SMILES string of the molecule is COC(=O)c1ccc([C@@H]2C3=C(C[C@@H](C)[C@]4(Oc5c(Cl)c(OC)cc(OC)c5C4=O)C3=O)Nc3ncnn32)cc1. The Labute approximate surface area is 227 Å². The molecule has 1 spiro atoms. The lowest BCUT2D eigenvalue weighted by molar-refractivity contribution is -0.130. The number of benzene rings is 2. The highest BCUT2D eigenvalue weighted by atomic mass is 35.5. The first-order valence-corrected chi connectivity index (χ1v) is 12.5. The number of carbonyl (C=O) groups excluding carboxylic acids is 3. The zero-order valence-electron chi connectivity index (χ0n) is 21.4. The van der Waals surface area contributed by atoms with E-state index in [2.05, 4.69) is 15.4 Å². The van der Waals surface area contributed by atoms with E-state index in [0.717, 1.165) is 0 Å². The summed E-state index contributed by atoms with van der Waals surface area (Å²) in [6, 6.07) is 7.40. The van der Waals surface area contributed by atoms with Gasteiger partial charge in [0.15, 0.2) is 5.75 Å². The highest BCUT2D eigenvalue weighted by Crippen LogP contribution is 2.55. The lowest BCUT2D eigenvalue weighted by atomic mass is 9.69. The molecule has 1 aliphatic carbocycles. The molecule has 0 bridgehead atoms. The van der Waals surface area contributed by atoms with E-state index in [1.54, 1.807) is 35.9 Å². The van der Waals surface area contributed by atoms with Crippen LogP contribution in [-0.2, 0) is 9.53 Å². The van der Waals surface area contributed by atoms with Gasteiger partial charge in [-0.25, -0.2) is 9.48 Å². The minimum atomic E-state index is -1.88. The molecule has 0 radical (unpaired) electrons. The summed E-state index contributed by atoms with van der Waals surface area (Å²) in [6.45, 7) is 1.78. The summed E-state index contributed by atoms with van der Waals surface area (Å²) in [5, 5.41) is 7.64. The number of hydrogen-bond acceptors (Lipinski definition) is 10. The molecular formula is C27H23ClN4O7. The summed E-state index contributed by atoms with van der Waals surface area (Å²) in [6.07, 6.45) is 1.69. The number of esters is 1. The van der Waals surface area contributed by atoms with Crippen LogP contribution in [0.25, 0.3) is 0 Å². The maximum absolute atomic E-state index is 14.6. The zero-order chi connectivity index (χ0) is 27.6. The first-order chi connectivity index (χ1) is 18.8. The molecule has 0 unspecified atom stereocenters. The van der Waals surface area contributed by atoms with E-state index in [1.807, 2.05) is 0 Å². The summed E-state index contributed by atoms with van der Waals surface area (Å²) in [5.41, 5.74) is 0.139. The molecule has 39 heavy (non-hydrogen) atoms. The fraction of sp³-hybridized carbons (Fsp3) is 0.296. The predicted octanol–water partition coefficient (Wildman–Crippen LogP) is 3.63. The van der Waals surface area contributed by atoms with Gasteiger partial charge in [0.2, 0.25) is 23.1 Å². The summed E-state index contributed by atoms with van der Waals surface area (Å²) in [7, 11) is 4.15. The van der Waals surface area contributed by atoms with Crippen molar-refractivity contribution in [1.82, 2.24) is 14.8 Å². The van der Waals surface area contributed by atoms with Crippen molar-refractivity contribution in [2.24, 2.45) is 5.92 Å². The average molecular weight is 551 g/mol. The highest BCUT2D eigenvalue weighted by molar-refractivity contribution is 6.36. The van der Waals surface area contributed by atoms with Crippen molar-refractivity contribution < 1.29 is 33.3 Å². The molecule has 3 aromatic rings. The third kappa shape index (κ3) is 3.32. The number of allylic oxidation sites excluding steroid dienone is 1. The van der Waals surface area contributed by atoms with Gasteiger partial charge >= 0.3 is 5.97 Å². The number of fused-ring (bicyclic) bond motifs is 2. The van der Waals surface area contributed by atoms with Gasteiger partial charge in [-0.2, -0.15) is 10.1 Å². The van der Waals surface area contributed by atoms with Gasteiger partial charge in [0, 0.05) is 23.3 Å². The van der Waals surface area contributed by atoms with Gasteiger partial charge in [0.25, 0.3) is 0 Å². The van der Waals surface area contributed by atoms with Crippen LogP contribution >= 0.6 is 11.6 Å². The molecule has 6 rings (SSSR count). The number of Topliss-reactive ketones (excluding diaryl/α,β-unsaturated/α-hetero) is 2. The average Bonchev–Trinajstić information content (AvgIpc) is 3.54. The number of ether oxygens (including phenoxy) is 4. The van der Waals surface area contributed by atoms with Gasteiger partial charge in [-0.1, -0.05) is 30.7 Å². The maximum atomic E-state index is 14.6. The van der Waals surface area contributed by atoms with Crippen LogP contribution in [0.2, 0.25) is 5.02 Å². The number of anilines is 1. The van der Waals surface area contributed by atoms with E-state index in [9.17, 15) is 14.4 Å². The Morgan fingerprint density at radius 1 is 1.13 bits per heavy atom. The monoisotopic (exact) mass is 550 g/mol. The molecule has 3 aliphatic rings. The second-order valence-corrected chi connectivity index (χ2v) is 9.84. The number of nitrogens with one attached hydrogen (secondary N) is 1. The number of methoxy groups -OCH3 is 3. The summed E-state index contributed by atoms with van der Waals surface area (Å²) in [4.78, 5) is 45.0.